The van der Waals surface area contributed by atoms with Gasteiger partial charge in [-0.3, -0.25) is 24.1 Å². The van der Waals surface area contributed by atoms with Crippen LogP contribution in [-0.4, -0.2) is 44.2 Å². The lowest BCUT2D eigenvalue weighted by atomic mass is 9.97. The van der Waals surface area contributed by atoms with E-state index in [1.165, 1.54) is 22.2 Å². The SMILES string of the molecule is [2H]C([2H])(Oc1cc2n(c(=O)c1Cl)C1=CC(n3cc(F)c(C(C)(C)NC(C)=O)n3)=NC[C@@H]1CCOC2)c1ncc(F)cc1F. The highest BCUT2D eigenvalue weighted by atomic mass is 35.5. The number of hydrogen-bond acceptors (Lipinski definition) is 7. The predicted octanol–water partition coefficient (Wildman–Crippen LogP) is 3.80. The quantitative estimate of drug-likeness (QED) is 0.482. The average molecular weight is 593 g/mol. The maximum absolute atomic E-state index is 15.0. The third kappa shape index (κ3) is 5.77. The van der Waals surface area contributed by atoms with Gasteiger partial charge in [0.05, 0.1) is 33.0 Å². The Bertz CT molecular complexity index is 1740. The Balaban J connectivity index is 1.55. The standard InChI is InChI=1S/C27H26ClF3N6O4/c1-14(38)34-27(2,3)25-19(31)11-36(35-25)23-8-21-15(9-33-23)4-5-40-12-17-7-22(24(28)26(39)37(17)21)41-13-20-18(30)6-16(29)10-32-20/h6-8,10-11,15H,4-5,9,12-13H2,1-3H3,(H,34,38)/t15-/m0/s1/i13D2. The van der Waals surface area contributed by atoms with E-state index in [1.54, 1.807) is 19.9 Å². The Morgan fingerprint density at radius 1 is 1.32 bits per heavy atom. The van der Waals surface area contributed by atoms with E-state index in [4.69, 9.17) is 23.8 Å². The second-order valence-electron chi connectivity index (χ2n) is 10.0. The fraction of sp³-hybridized carbons (Fsp3) is 0.370. The third-order valence-corrected chi connectivity index (χ3v) is 6.88. The van der Waals surface area contributed by atoms with Gasteiger partial charge in [-0.2, -0.15) is 5.10 Å². The number of pyridine rings is 2. The first-order chi connectivity index (χ1) is 20.2. The summed E-state index contributed by atoms with van der Waals surface area (Å²) >= 11 is 6.38. The Kier molecular flexibility index (Phi) is 7.05. The number of halogens is 4. The molecule has 0 unspecified atom stereocenters. The molecular formula is C27H26ClF3N6O4. The summed E-state index contributed by atoms with van der Waals surface area (Å²) in [5, 5.41) is 6.46. The van der Waals surface area contributed by atoms with Crippen molar-refractivity contribution in [3.8, 4) is 5.75 Å². The summed E-state index contributed by atoms with van der Waals surface area (Å²) in [5.41, 5.74) is -2.04. The zero-order chi connectivity index (χ0) is 31.3. The number of nitrogens with one attached hydrogen (secondary N) is 1. The normalized spacial score (nSPS) is 18.1. The van der Waals surface area contributed by atoms with Gasteiger partial charge >= 0.3 is 0 Å². The fourth-order valence-corrected chi connectivity index (χ4v) is 4.86. The lowest BCUT2D eigenvalue weighted by molar-refractivity contribution is -0.120. The number of hydrogen-bond donors (Lipinski definition) is 1. The monoisotopic (exact) mass is 592 g/mol. The number of dihydropyridines is 1. The highest BCUT2D eigenvalue weighted by Gasteiger charge is 2.31. The molecule has 10 nitrogen and oxygen atoms in total. The maximum atomic E-state index is 15.0. The molecule has 3 aromatic heterocycles. The molecule has 0 aliphatic carbocycles. The second kappa shape index (κ2) is 11.1. The molecule has 14 heteroatoms. The summed E-state index contributed by atoms with van der Waals surface area (Å²) in [6.07, 6.45) is 3.82. The van der Waals surface area contributed by atoms with Gasteiger partial charge in [0.25, 0.3) is 5.56 Å². The first-order valence-corrected chi connectivity index (χ1v) is 12.9. The van der Waals surface area contributed by atoms with Gasteiger partial charge in [0, 0.05) is 49.9 Å². The van der Waals surface area contributed by atoms with Crippen LogP contribution in [0.2, 0.25) is 5.02 Å². The topological polar surface area (TPSA) is 113 Å². The van der Waals surface area contributed by atoms with Crippen LogP contribution < -0.4 is 15.6 Å². The number of nitrogens with zero attached hydrogens (tertiary/aromatic N) is 5. The van der Waals surface area contributed by atoms with E-state index in [0.29, 0.717) is 31.0 Å². The summed E-state index contributed by atoms with van der Waals surface area (Å²) < 4.78 is 72.6. The minimum Gasteiger partial charge on any atom is -0.485 e. The van der Waals surface area contributed by atoms with Gasteiger partial charge in [-0.1, -0.05) is 11.6 Å². The minimum atomic E-state index is -2.92. The summed E-state index contributed by atoms with van der Waals surface area (Å²) in [4.78, 5) is 33.3. The number of amides is 1. The van der Waals surface area contributed by atoms with Crippen LogP contribution in [0.4, 0.5) is 13.2 Å². The zero-order valence-corrected chi connectivity index (χ0v) is 22.9. The Morgan fingerprint density at radius 2 is 2.10 bits per heavy atom. The van der Waals surface area contributed by atoms with Crippen LogP contribution in [0.15, 0.2) is 40.4 Å². The average Bonchev–Trinajstić information content (AvgIpc) is 3.30. The number of allylic oxidation sites excluding steroid dienone is 1. The molecule has 0 saturated carbocycles. The van der Waals surface area contributed by atoms with Crippen LogP contribution in [0.3, 0.4) is 0 Å². The highest BCUT2D eigenvalue weighted by Crippen LogP contribution is 2.32. The Hall–Kier alpha value is -3.97. The van der Waals surface area contributed by atoms with Gasteiger partial charge in [-0.15, -0.1) is 0 Å². The maximum Gasteiger partial charge on any atom is 0.277 e. The summed E-state index contributed by atoms with van der Waals surface area (Å²) in [6, 6.07) is 1.75. The van der Waals surface area contributed by atoms with E-state index < -0.39 is 51.6 Å². The molecule has 0 bridgehead atoms. The minimum absolute atomic E-state index is 0.0132. The van der Waals surface area contributed by atoms with Gasteiger partial charge in [0.2, 0.25) is 5.91 Å². The number of fused-ring (bicyclic) bond motifs is 3. The van der Waals surface area contributed by atoms with Crippen molar-refractivity contribution in [3.05, 3.63) is 80.5 Å². The van der Waals surface area contributed by atoms with E-state index in [9.17, 15) is 22.8 Å². The molecule has 0 radical (unpaired) electrons. The number of aliphatic imine (C=N–C) groups is 1. The first kappa shape index (κ1) is 26.0. The Morgan fingerprint density at radius 3 is 2.83 bits per heavy atom. The molecule has 5 rings (SSSR count). The van der Waals surface area contributed by atoms with Crippen molar-refractivity contribution in [3.63, 3.8) is 0 Å². The second-order valence-corrected chi connectivity index (χ2v) is 10.4. The smallest absolute Gasteiger partial charge is 0.277 e. The molecule has 0 spiro atoms. The van der Waals surface area contributed by atoms with Gasteiger partial charge < -0.3 is 14.8 Å². The summed E-state index contributed by atoms with van der Waals surface area (Å²) in [6.45, 7) is 2.03. The Labute approximate surface area is 240 Å². The van der Waals surface area contributed by atoms with E-state index in [1.807, 2.05) is 0 Å². The van der Waals surface area contributed by atoms with Crippen LogP contribution >= 0.6 is 11.6 Å². The number of rotatable bonds is 5. The predicted molar refractivity (Wildman–Crippen MR) is 143 cm³/mol. The number of ether oxygens (including phenoxy) is 2. The lowest BCUT2D eigenvalue weighted by Gasteiger charge is -2.29. The molecule has 3 aromatic rings. The molecule has 1 atom stereocenters. The van der Waals surface area contributed by atoms with Crippen molar-refractivity contribution in [2.24, 2.45) is 10.9 Å². The van der Waals surface area contributed by atoms with Crippen molar-refractivity contribution < 1.29 is 30.2 Å². The first-order valence-electron chi connectivity index (χ1n) is 13.5. The van der Waals surface area contributed by atoms with Crippen molar-refractivity contribution >= 4 is 29.0 Å². The van der Waals surface area contributed by atoms with Crippen LogP contribution in [0.5, 0.6) is 5.75 Å². The van der Waals surface area contributed by atoms with E-state index in [2.05, 4.69) is 20.4 Å². The van der Waals surface area contributed by atoms with Crippen LogP contribution in [0, 0.1) is 23.4 Å². The fourth-order valence-electron chi connectivity index (χ4n) is 4.68. The molecule has 2 aliphatic rings. The van der Waals surface area contributed by atoms with Gasteiger partial charge in [0.1, 0.15) is 34.5 Å². The summed E-state index contributed by atoms with van der Waals surface area (Å²) in [5.74, 6) is -3.80. The van der Waals surface area contributed by atoms with Crippen molar-refractivity contribution in [1.82, 2.24) is 24.6 Å². The molecule has 5 heterocycles. The van der Waals surface area contributed by atoms with Gasteiger partial charge in [-0.05, 0) is 20.3 Å². The largest absolute Gasteiger partial charge is 0.485 e. The van der Waals surface area contributed by atoms with E-state index >= 15 is 0 Å². The molecule has 0 aromatic carbocycles. The van der Waals surface area contributed by atoms with Crippen molar-refractivity contribution in [2.75, 3.05) is 13.2 Å². The molecule has 2 aliphatic heterocycles. The van der Waals surface area contributed by atoms with E-state index in [0.717, 1.165) is 6.20 Å². The molecular weight excluding hydrogens is 565 g/mol. The third-order valence-electron chi connectivity index (χ3n) is 6.53. The van der Waals surface area contributed by atoms with Gasteiger partial charge in [0.15, 0.2) is 17.5 Å². The molecule has 216 valence electrons. The van der Waals surface area contributed by atoms with Gasteiger partial charge in [-0.25, -0.2) is 17.9 Å². The van der Waals surface area contributed by atoms with Crippen LogP contribution in [0.1, 0.15) is 47.0 Å². The number of aromatic nitrogens is 4. The molecule has 1 amide bonds. The van der Waals surface area contributed by atoms with Crippen LogP contribution in [-0.2, 0) is 28.2 Å². The van der Waals surface area contributed by atoms with Crippen molar-refractivity contribution in [1.29, 1.82) is 0 Å². The molecule has 41 heavy (non-hydrogen) atoms. The molecule has 0 saturated heterocycles. The molecule has 1 N–H and O–H groups in total. The highest BCUT2D eigenvalue weighted by molar-refractivity contribution is 6.31. The van der Waals surface area contributed by atoms with E-state index in [-0.39, 0.29) is 42.2 Å². The molecule has 0 fully saturated rings. The number of carbonyl (C=O) groups excluding carboxylic acids is 1. The van der Waals surface area contributed by atoms with Crippen LogP contribution in [0.25, 0.3) is 5.70 Å². The van der Waals surface area contributed by atoms with Crippen molar-refractivity contribution in [2.45, 2.75) is 45.9 Å². The lowest BCUT2D eigenvalue weighted by Crippen LogP contribution is -2.40. The summed E-state index contributed by atoms with van der Waals surface area (Å²) in [7, 11) is 0. The number of carbonyl (C=O) groups is 1. The zero-order valence-electron chi connectivity index (χ0n) is 24.2.